The molecule has 0 unspecified atom stereocenters. The monoisotopic (exact) mass is 487 g/mol. The number of nitrogens with zero attached hydrogens (tertiary/aromatic N) is 1. The molecule has 0 bridgehead atoms. The first-order valence-corrected chi connectivity index (χ1v) is 11.0. The third kappa shape index (κ3) is 6.11. The Hall–Kier alpha value is -2.55. The SMILES string of the molecule is CC(C)C(=O)N1CCC(COCc2cc(C(F)(F)F)cc(C(F)(F)F)c2)(c2ccccc2)CC1. The zero-order valence-electron chi connectivity index (χ0n) is 19.0. The van der Waals surface area contributed by atoms with Gasteiger partial charge >= 0.3 is 12.4 Å². The minimum atomic E-state index is -4.91. The van der Waals surface area contributed by atoms with Gasteiger partial charge in [0.2, 0.25) is 5.91 Å². The lowest BCUT2D eigenvalue weighted by Gasteiger charge is -2.42. The number of halogens is 6. The summed E-state index contributed by atoms with van der Waals surface area (Å²) < 4.78 is 84.7. The van der Waals surface area contributed by atoms with Crippen molar-refractivity contribution in [2.75, 3.05) is 19.7 Å². The van der Waals surface area contributed by atoms with Crippen molar-refractivity contribution in [3.05, 3.63) is 70.8 Å². The van der Waals surface area contributed by atoms with Crippen LogP contribution in [0.3, 0.4) is 0 Å². The highest BCUT2D eigenvalue weighted by Crippen LogP contribution is 2.38. The van der Waals surface area contributed by atoms with E-state index >= 15 is 0 Å². The van der Waals surface area contributed by atoms with Crippen molar-refractivity contribution in [3.63, 3.8) is 0 Å². The third-order valence-corrected chi connectivity index (χ3v) is 6.21. The molecule has 0 N–H and O–H groups in total. The summed E-state index contributed by atoms with van der Waals surface area (Å²) >= 11 is 0. The molecule has 1 fully saturated rings. The van der Waals surface area contributed by atoms with E-state index in [1.165, 1.54) is 0 Å². The van der Waals surface area contributed by atoms with Gasteiger partial charge in [0, 0.05) is 24.4 Å². The molecule has 9 heteroatoms. The van der Waals surface area contributed by atoms with Gasteiger partial charge in [0.25, 0.3) is 0 Å². The van der Waals surface area contributed by atoms with E-state index in [2.05, 4.69) is 0 Å². The summed E-state index contributed by atoms with van der Waals surface area (Å²) in [5.74, 6) is -0.0876. The van der Waals surface area contributed by atoms with Gasteiger partial charge in [-0.15, -0.1) is 0 Å². The van der Waals surface area contributed by atoms with Crippen LogP contribution in [0.15, 0.2) is 48.5 Å². The molecule has 0 saturated carbocycles. The first-order chi connectivity index (χ1) is 15.8. The molecular weight excluding hydrogens is 460 g/mol. The van der Waals surface area contributed by atoms with E-state index in [9.17, 15) is 31.1 Å². The first-order valence-electron chi connectivity index (χ1n) is 11.0. The maximum absolute atomic E-state index is 13.1. The number of amides is 1. The summed E-state index contributed by atoms with van der Waals surface area (Å²) in [5, 5.41) is 0. The number of piperidine rings is 1. The molecule has 1 amide bonds. The molecule has 0 radical (unpaired) electrons. The van der Waals surface area contributed by atoms with Crippen LogP contribution in [0, 0.1) is 5.92 Å². The second kappa shape index (κ2) is 9.98. The zero-order valence-corrected chi connectivity index (χ0v) is 19.0. The Kier molecular flexibility index (Phi) is 7.65. The molecule has 2 aromatic rings. The van der Waals surface area contributed by atoms with Crippen molar-refractivity contribution in [3.8, 4) is 0 Å². The fraction of sp³-hybridized carbons (Fsp3) is 0.480. The molecule has 0 aromatic heterocycles. The van der Waals surface area contributed by atoms with Crippen molar-refractivity contribution in [1.82, 2.24) is 4.90 Å². The van der Waals surface area contributed by atoms with Crippen molar-refractivity contribution in [2.24, 2.45) is 5.92 Å². The van der Waals surface area contributed by atoms with E-state index in [0.717, 1.165) is 5.56 Å². The topological polar surface area (TPSA) is 29.5 Å². The fourth-order valence-electron chi connectivity index (χ4n) is 4.30. The van der Waals surface area contributed by atoms with E-state index in [0.29, 0.717) is 38.1 Å². The second-order valence-corrected chi connectivity index (χ2v) is 9.03. The number of likely N-dealkylation sites (tertiary alicyclic amines) is 1. The van der Waals surface area contributed by atoms with E-state index in [1.54, 1.807) is 4.90 Å². The second-order valence-electron chi connectivity index (χ2n) is 9.03. The Morgan fingerprint density at radius 2 is 1.47 bits per heavy atom. The van der Waals surface area contributed by atoms with Crippen molar-refractivity contribution < 1.29 is 35.9 Å². The van der Waals surface area contributed by atoms with Gasteiger partial charge in [0.15, 0.2) is 0 Å². The Balaban J connectivity index is 1.79. The number of rotatable bonds is 6. The van der Waals surface area contributed by atoms with Crippen LogP contribution in [-0.4, -0.2) is 30.5 Å². The van der Waals surface area contributed by atoms with Crippen molar-refractivity contribution in [1.29, 1.82) is 0 Å². The molecule has 34 heavy (non-hydrogen) atoms. The van der Waals surface area contributed by atoms with Gasteiger partial charge in [-0.2, -0.15) is 26.3 Å². The number of benzene rings is 2. The van der Waals surface area contributed by atoms with Crippen LogP contribution in [0.5, 0.6) is 0 Å². The molecule has 3 nitrogen and oxygen atoms in total. The van der Waals surface area contributed by atoms with Crippen LogP contribution in [0.4, 0.5) is 26.3 Å². The Bertz CT molecular complexity index is 945. The molecular formula is C25H27F6NO2. The number of carbonyl (C=O) groups is 1. The number of hydrogen-bond acceptors (Lipinski definition) is 2. The molecule has 1 heterocycles. The standard InChI is InChI=1S/C25H27F6NO2/c1-17(2)22(33)32-10-8-23(9-11-32,19-6-4-3-5-7-19)16-34-15-18-12-20(24(26,27)28)14-21(13-18)25(29,30)31/h3-7,12-14,17H,8-11,15-16H2,1-2H3. The molecule has 186 valence electrons. The molecule has 0 atom stereocenters. The van der Waals surface area contributed by atoms with Crippen LogP contribution in [-0.2, 0) is 33.9 Å². The lowest BCUT2D eigenvalue weighted by atomic mass is 9.73. The molecule has 2 aromatic carbocycles. The van der Waals surface area contributed by atoms with Gasteiger partial charge in [-0.1, -0.05) is 44.2 Å². The lowest BCUT2D eigenvalue weighted by molar-refractivity contribution is -0.143. The van der Waals surface area contributed by atoms with Gasteiger partial charge in [-0.3, -0.25) is 4.79 Å². The van der Waals surface area contributed by atoms with Gasteiger partial charge in [0.05, 0.1) is 24.3 Å². The largest absolute Gasteiger partial charge is 0.416 e. The molecule has 1 aliphatic rings. The summed E-state index contributed by atoms with van der Waals surface area (Å²) in [6, 6.07) is 10.9. The first kappa shape index (κ1) is 26.1. The minimum Gasteiger partial charge on any atom is -0.376 e. The average molecular weight is 487 g/mol. The van der Waals surface area contributed by atoms with Crippen LogP contribution in [0.1, 0.15) is 48.9 Å². The molecule has 3 rings (SSSR count). The van der Waals surface area contributed by atoms with Crippen LogP contribution >= 0.6 is 0 Å². The smallest absolute Gasteiger partial charge is 0.376 e. The maximum Gasteiger partial charge on any atom is 0.416 e. The summed E-state index contributed by atoms with van der Waals surface area (Å²) in [4.78, 5) is 14.2. The Morgan fingerprint density at radius 1 is 0.941 bits per heavy atom. The quantitative estimate of drug-likeness (QED) is 0.438. The van der Waals surface area contributed by atoms with Crippen LogP contribution in [0.25, 0.3) is 0 Å². The number of carbonyl (C=O) groups excluding carboxylic acids is 1. The average Bonchev–Trinajstić information content (AvgIpc) is 2.78. The van der Waals surface area contributed by atoms with Gasteiger partial charge in [-0.05, 0) is 42.2 Å². The Labute approximate surface area is 194 Å². The normalized spacial score (nSPS) is 16.7. The van der Waals surface area contributed by atoms with E-state index < -0.39 is 35.5 Å². The zero-order chi connectivity index (χ0) is 25.1. The fourth-order valence-corrected chi connectivity index (χ4v) is 4.30. The highest BCUT2D eigenvalue weighted by atomic mass is 19.4. The molecule has 0 aliphatic carbocycles. The summed E-state index contributed by atoms with van der Waals surface area (Å²) in [6.07, 6.45) is -8.66. The predicted molar refractivity (Wildman–Crippen MR) is 115 cm³/mol. The minimum absolute atomic E-state index is 0.0474. The van der Waals surface area contributed by atoms with Gasteiger partial charge in [0.1, 0.15) is 0 Å². The van der Waals surface area contributed by atoms with Gasteiger partial charge in [-0.25, -0.2) is 0 Å². The number of hydrogen-bond donors (Lipinski definition) is 0. The predicted octanol–water partition coefficient (Wildman–Crippen LogP) is 6.46. The van der Waals surface area contributed by atoms with E-state index in [-0.39, 0.29) is 30.1 Å². The summed E-state index contributed by atoms with van der Waals surface area (Å²) in [6.45, 7) is 4.37. The van der Waals surface area contributed by atoms with Crippen LogP contribution < -0.4 is 0 Å². The number of alkyl halides is 6. The number of ether oxygens (including phenoxy) is 1. The molecule has 1 saturated heterocycles. The molecule has 1 aliphatic heterocycles. The van der Waals surface area contributed by atoms with Crippen molar-refractivity contribution in [2.45, 2.75) is 51.1 Å². The maximum atomic E-state index is 13.1. The molecule has 0 spiro atoms. The summed E-state index contributed by atoms with van der Waals surface area (Å²) in [7, 11) is 0. The highest BCUT2D eigenvalue weighted by molar-refractivity contribution is 5.78. The third-order valence-electron chi connectivity index (χ3n) is 6.21. The van der Waals surface area contributed by atoms with E-state index in [1.807, 2.05) is 44.2 Å². The summed E-state index contributed by atoms with van der Waals surface area (Å²) in [5.41, 5.74) is -2.45. The van der Waals surface area contributed by atoms with Crippen molar-refractivity contribution >= 4 is 5.91 Å². The Morgan fingerprint density at radius 3 is 1.94 bits per heavy atom. The highest BCUT2D eigenvalue weighted by Gasteiger charge is 2.39. The van der Waals surface area contributed by atoms with Gasteiger partial charge < -0.3 is 9.64 Å². The lowest BCUT2D eigenvalue weighted by Crippen LogP contribution is -2.48. The van der Waals surface area contributed by atoms with E-state index in [4.69, 9.17) is 4.74 Å². The van der Waals surface area contributed by atoms with Crippen LogP contribution in [0.2, 0.25) is 0 Å².